The molecule has 1 rings (SSSR count). The average Bonchev–Trinajstić information content (AvgIpc) is 2.36. The van der Waals surface area contributed by atoms with Crippen molar-refractivity contribution in [3.63, 3.8) is 0 Å². The van der Waals surface area contributed by atoms with Gasteiger partial charge in [0.25, 0.3) is 0 Å². The molecule has 0 aromatic carbocycles. The first-order chi connectivity index (χ1) is 8.51. The van der Waals surface area contributed by atoms with E-state index in [0.717, 1.165) is 5.76 Å². The van der Waals surface area contributed by atoms with Gasteiger partial charge in [0.2, 0.25) is 0 Å². The van der Waals surface area contributed by atoms with E-state index in [4.69, 9.17) is 14.2 Å². The largest absolute Gasteiger partial charge is 0.497 e. The van der Waals surface area contributed by atoms with E-state index < -0.39 is 5.60 Å². The molecule has 1 aliphatic rings. The van der Waals surface area contributed by atoms with Crippen LogP contribution in [0.4, 0.5) is 0 Å². The monoisotopic (exact) mass is 252 g/mol. The van der Waals surface area contributed by atoms with Crippen LogP contribution in [0.2, 0.25) is 0 Å². The normalized spacial score (nSPS) is 23.3. The third kappa shape index (κ3) is 4.04. The molecular weight excluding hydrogens is 232 g/mol. The summed E-state index contributed by atoms with van der Waals surface area (Å²) >= 11 is 0. The fraction of sp³-hybridized carbons (Fsp3) is 0.500. The number of methoxy groups -OCH3 is 2. The molecule has 0 radical (unpaired) electrons. The molecule has 18 heavy (non-hydrogen) atoms. The Morgan fingerprint density at radius 2 is 2.17 bits per heavy atom. The van der Waals surface area contributed by atoms with Crippen LogP contribution in [-0.2, 0) is 19.0 Å². The molecule has 0 bridgehead atoms. The summed E-state index contributed by atoms with van der Waals surface area (Å²) in [5.74, 6) is 0.428. The van der Waals surface area contributed by atoms with Crippen molar-refractivity contribution in [2.45, 2.75) is 32.0 Å². The second-order valence-corrected chi connectivity index (χ2v) is 4.33. The van der Waals surface area contributed by atoms with E-state index >= 15 is 0 Å². The molecule has 0 amide bonds. The van der Waals surface area contributed by atoms with Crippen molar-refractivity contribution in [2.24, 2.45) is 0 Å². The summed E-state index contributed by atoms with van der Waals surface area (Å²) in [7, 11) is 3.22. The van der Waals surface area contributed by atoms with Crippen molar-refractivity contribution in [1.29, 1.82) is 0 Å². The quantitative estimate of drug-likeness (QED) is 0.556. The SMILES string of the molecule is COC1=CCC(C=CC(=O)OC(C)C)(OC)C=C1. The van der Waals surface area contributed by atoms with E-state index in [9.17, 15) is 4.79 Å². The van der Waals surface area contributed by atoms with Crippen LogP contribution >= 0.6 is 0 Å². The Balaban J connectivity index is 2.69. The summed E-state index contributed by atoms with van der Waals surface area (Å²) < 4.78 is 15.6. The minimum atomic E-state index is -0.599. The molecule has 1 unspecified atom stereocenters. The minimum absolute atomic E-state index is 0.123. The molecule has 0 fully saturated rings. The highest BCUT2D eigenvalue weighted by Crippen LogP contribution is 2.26. The molecule has 0 heterocycles. The Bertz CT molecular complexity index is 379. The second-order valence-electron chi connectivity index (χ2n) is 4.33. The summed E-state index contributed by atoms with van der Waals surface area (Å²) in [6.07, 6.45) is 9.21. The van der Waals surface area contributed by atoms with Crippen LogP contribution < -0.4 is 0 Å². The highest BCUT2D eigenvalue weighted by atomic mass is 16.5. The molecule has 0 spiro atoms. The lowest BCUT2D eigenvalue weighted by Crippen LogP contribution is -2.27. The minimum Gasteiger partial charge on any atom is -0.497 e. The van der Waals surface area contributed by atoms with Crippen molar-refractivity contribution < 1.29 is 19.0 Å². The maximum absolute atomic E-state index is 11.4. The van der Waals surface area contributed by atoms with Gasteiger partial charge in [0.1, 0.15) is 11.4 Å². The van der Waals surface area contributed by atoms with Gasteiger partial charge >= 0.3 is 5.97 Å². The molecule has 4 nitrogen and oxygen atoms in total. The van der Waals surface area contributed by atoms with Gasteiger partial charge in [-0.2, -0.15) is 0 Å². The van der Waals surface area contributed by atoms with Gasteiger partial charge in [-0.25, -0.2) is 4.79 Å². The van der Waals surface area contributed by atoms with Crippen LogP contribution in [0, 0.1) is 0 Å². The average molecular weight is 252 g/mol. The Labute approximate surface area is 108 Å². The first-order valence-electron chi connectivity index (χ1n) is 5.90. The van der Waals surface area contributed by atoms with Gasteiger partial charge in [-0.15, -0.1) is 0 Å². The molecule has 1 aliphatic carbocycles. The molecule has 0 saturated carbocycles. The summed E-state index contributed by atoms with van der Waals surface area (Å²) in [4.78, 5) is 11.4. The fourth-order valence-electron chi connectivity index (χ4n) is 1.59. The zero-order valence-electron chi connectivity index (χ0n) is 11.3. The van der Waals surface area contributed by atoms with Crippen LogP contribution in [0.3, 0.4) is 0 Å². The van der Waals surface area contributed by atoms with Gasteiger partial charge in [-0.1, -0.05) is 0 Å². The third-order valence-corrected chi connectivity index (χ3v) is 2.62. The van der Waals surface area contributed by atoms with E-state index in [1.165, 1.54) is 6.08 Å². The lowest BCUT2D eigenvalue weighted by atomic mass is 9.94. The van der Waals surface area contributed by atoms with Gasteiger partial charge in [-0.05, 0) is 38.2 Å². The van der Waals surface area contributed by atoms with E-state index in [1.807, 2.05) is 32.1 Å². The zero-order valence-corrected chi connectivity index (χ0v) is 11.3. The second kappa shape index (κ2) is 6.40. The fourth-order valence-corrected chi connectivity index (χ4v) is 1.59. The molecule has 0 saturated heterocycles. The predicted octanol–water partition coefficient (Wildman–Crippen LogP) is 2.37. The standard InChI is InChI=1S/C14H20O4/c1-11(2)18-13(15)7-10-14(17-4)8-5-12(16-3)6-9-14/h5-8,10-11H,9H2,1-4H3. The Kier molecular flexibility index (Phi) is 5.16. The van der Waals surface area contributed by atoms with Gasteiger partial charge in [-0.3, -0.25) is 0 Å². The summed E-state index contributed by atoms with van der Waals surface area (Å²) in [6, 6.07) is 0. The van der Waals surface area contributed by atoms with E-state index in [2.05, 4.69) is 0 Å². The van der Waals surface area contributed by atoms with E-state index in [0.29, 0.717) is 6.42 Å². The molecule has 0 aromatic heterocycles. The molecule has 0 aromatic rings. The van der Waals surface area contributed by atoms with Gasteiger partial charge in [0.05, 0.1) is 13.2 Å². The first kappa shape index (κ1) is 14.5. The van der Waals surface area contributed by atoms with Crippen molar-refractivity contribution >= 4 is 5.97 Å². The van der Waals surface area contributed by atoms with Crippen molar-refractivity contribution in [3.8, 4) is 0 Å². The highest BCUT2D eigenvalue weighted by Gasteiger charge is 2.25. The van der Waals surface area contributed by atoms with Crippen LogP contribution in [0.25, 0.3) is 0 Å². The lowest BCUT2D eigenvalue weighted by molar-refractivity contribution is -0.141. The number of hydrogen-bond acceptors (Lipinski definition) is 4. The van der Waals surface area contributed by atoms with E-state index in [-0.39, 0.29) is 12.1 Å². The topological polar surface area (TPSA) is 44.8 Å². The molecule has 0 aliphatic heterocycles. The smallest absolute Gasteiger partial charge is 0.330 e. The van der Waals surface area contributed by atoms with Crippen LogP contribution in [0.1, 0.15) is 20.3 Å². The number of allylic oxidation sites excluding steroid dienone is 1. The van der Waals surface area contributed by atoms with Crippen molar-refractivity contribution in [3.05, 3.63) is 36.1 Å². The molecular formula is C14H20O4. The zero-order chi connectivity index (χ0) is 13.6. The summed E-state index contributed by atoms with van der Waals surface area (Å²) in [5.41, 5.74) is -0.599. The third-order valence-electron chi connectivity index (χ3n) is 2.62. The molecule has 4 heteroatoms. The number of esters is 1. The summed E-state index contributed by atoms with van der Waals surface area (Å²) in [6.45, 7) is 3.62. The number of carbonyl (C=O) groups excluding carboxylic acids is 1. The Morgan fingerprint density at radius 1 is 1.44 bits per heavy atom. The van der Waals surface area contributed by atoms with Crippen LogP contribution in [0.5, 0.6) is 0 Å². The van der Waals surface area contributed by atoms with Crippen molar-refractivity contribution in [2.75, 3.05) is 14.2 Å². The number of carbonyl (C=O) groups is 1. The van der Waals surface area contributed by atoms with E-state index in [1.54, 1.807) is 20.3 Å². The Hall–Kier alpha value is -1.55. The molecule has 100 valence electrons. The van der Waals surface area contributed by atoms with Crippen LogP contribution in [-0.4, -0.2) is 31.9 Å². The van der Waals surface area contributed by atoms with Gasteiger partial charge in [0, 0.05) is 19.6 Å². The van der Waals surface area contributed by atoms with Crippen LogP contribution in [0.15, 0.2) is 36.1 Å². The number of ether oxygens (including phenoxy) is 3. The predicted molar refractivity (Wildman–Crippen MR) is 69.0 cm³/mol. The maximum atomic E-state index is 11.4. The summed E-state index contributed by atoms with van der Waals surface area (Å²) in [5, 5.41) is 0. The Morgan fingerprint density at radius 3 is 2.61 bits per heavy atom. The van der Waals surface area contributed by atoms with Crippen molar-refractivity contribution in [1.82, 2.24) is 0 Å². The maximum Gasteiger partial charge on any atom is 0.330 e. The van der Waals surface area contributed by atoms with Gasteiger partial charge < -0.3 is 14.2 Å². The van der Waals surface area contributed by atoms with Gasteiger partial charge in [0.15, 0.2) is 0 Å². The number of rotatable bonds is 5. The molecule has 1 atom stereocenters. The first-order valence-corrected chi connectivity index (χ1v) is 5.90. The highest BCUT2D eigenvalue weighted by molar-refractivity contribution is 5.82. The number of hydrogen-bond donors (Lipinski definition) is 0. The lowest BCUT2D eigenvalue weighted by Gasteiger charge is -2.27. The molecule has 0 N–H and O–H groups in total.